The quantitative estimate of drug-likeness (QED) is 0.0377. The summed E-state index contributed by atoms with van der Waals surface area (Å²) in [5.74, 6) is 0.463. The first-order chi connectivity index (χ1) is 28.8. The third-order valence-electron chi connectivity index (χ3n) is 12.5. The second kappa shape index (κ2) is 38.7. The second-order valence-electron chi connectivity index (χ2n) is 18.3. The Morgan fingerprint density at radius 3 is 1.63 bits per heavy atom. The molecular formula is C52H97N3O4. The zero-order chi connectivity index (χ0) is 43.1. The van der Waals surface area contributed by atoms with Crippen molar-refractivity contribution in [1.82, 2.24) is 15.1 Å². The largest absolute Gasteiger partial charge is 0.465 e. The van der Waals surface area contributed by atoms with Crippen LogP contribution in [-0.2, 0) is 19.1 Å². The molecule has 1 aliphatic carbocycles. The first kappa shape index (κ1) is 54.9. The van der Waals surface area contributed by atoms with Gasteiger partial charge in [-0.1, -0.05) is 167 Å². The maximum absolute atomic E-state index is 13.8. The molecule has 0 aliphatic heterocycles. The van der Waals surface area contributed by atoms with Crippen LogP contribution in [0.5, 0.6) is 0 Å². The predicted octanol–water partition coefficient (Wildman–Crippen LogP) is 13.8. The summed E-state index contributed by atoms with van der Waals surface area (Å²) >= 11 is 0. The van der Waals surface area contributed by atoms with E-state index in [1.807, 2.05) is 19.0 Å². The Labute approximate surface area is 366 Å². The van der Waals surface area contributed by atoms with Gasteiger partial charge in [0.15, 0.2) is 0 Å². The minimum absolute atomic E-state index is 0.0167. The van der Waals surface area contributed by atoms with E-state index in [0.717, 1.165) is 77.2 Å². The number of esters is 1. The molecule has 344 valence electrons. The molecule has 7 heteroatoms. The minimum Gasteiger partial charge on any atom is -0.465 e. The van der Waals surface area contributed by atoms with E-state index in [4.69, 9.17) is 4.74 Å². The van der Waals surface area contributed by atoms with Crippen LogP contribution in [0.1, 0.15) is 239 Å². The summed E-state index contributed by atoms with van der Waals surface area (Å²) in [4.78, 5) is 44.2. The fourth-order valence-corrected chi connectivity index (χ4v) is 8.37. The van der Waals surface area contributed by atoms with Gasteiger partial charge in [0.2, 0.25) is 11.8 Å². The monoisotopic (exact) mass is 828 g/mol. The number of amides is 2. The fourth-order valence-electron chi connectivity index (χ4n) is 8.37. The van der Waals surface area contributed by atoms with Gasteiger partial charge in [-0.3, -0.25) is 14.4 Å². The van der Waals surface area contributed by atoms with Gasteiger partial charge in [-0.2, -0.15) is 0 Å². The number of hydrogen-bond acceptors (Lipinski definition) is 5. The molecule has 7 nitrogen and oxygen atoms in total. The van der Waals surface area contributed by atoms with Gasteiger partial charge in [-0.25, -0.2) is 0 Å². The van der Waals surface area contributed by atoms with Crippen LogP contribution in [0.4, 0.5) is 0 Å². The lowest BCUT2D eigenvalue weighted by molar-refractivity contribution is -0.154. The van der Waals surface area contributed by atoms with Crippen LogP contribution in [-0.4, -0.2) is 73.5 Å². The summed E-state index contributed by atoms with van der Waals surface area (Å²) in [5, 5.41) is 3.18. The van der Waals surface area contributed by atoms with Crippen molar-refractivity contribution >= 4 is 17.8 Å². The molecule has 59 heavy (non-hydrogen) atoms. The van der Waals surface area contributed by atoms with E-state index in [2.05, 4.69) is 55.3 Å². The van der Waals surface area contributed by atoms with Gasteiger partial charge in [0, 0.05) is 32.5 Å². The summed E-state index contributed by atoms with van der Waals surface area (Å²) in [5.41, 5.74) is -0.733. The third-order valence-corrected chi connectivity index (χ3v) is 12.5. The van der Waals surface area contributed by atoms with Crippen molar-refractivity contribution < 1.29 is 19.1 Å². The average Bonchev–Trinajstić information content (AvgIpc) is 3.20. The van der Waals surface area contributed by atoms with Crippen LogP contribution < -0.4 is 5.32 Å². The average molecular weight is 828 g/mol. The lowest BCUT2D eigenvalue weighted by Gasteiger charge is -2.49. The highest BCUT2D eigenvalue weighted by molar-refractivity contribution is 5.92. The molecule has 1 N–H and O–H groups in total. The smallest absolute Gasteiger partial charge is 0.305 e. The van der Waals surface area contributed by atoms with Crippen molar-refractivity contribution in [2.45, 2.75) is 245 Å². The minimum atomic E-state index is -0.733. The van der Waals surface area contributed by atoms with Gasteiger partial charge in [0.25, 0.3) is 0 Å². The molecule has 1 atom stereocenters. The standard InChI is InChI=1S/C52H97N3O4/c1-6-9-12-15-18-20-21-22-23-24-25-26-28-31-34-40-49(56)55(46-45-54(4)5)52(42-37-43-52)51(58)53-44-36-35-41-50(57)59-47-48(38-32-29-17-14-11-8-3)39-33-30-27-19-16-13-10-7-2/h18,20,22-23,48H,6-17,19,21,24-47H2,1-5H3,(H,53,58)/b20-18-,23-22-. The van der Waals surface area contributed by atoms with Gasteiger partial charge in [0.05, 0.1) is 6.61 Å². The topological polar surface area (TPSA) is 79.0 Å². The first-order valence-corrected chi connectivity index (χ1v) is 25.5. The number of nitrogens with zero attached hydrogens (tertiary/aromatic N) is 2. The van der Waals surface area contributed by atoms with Crippen molar-refractivity contribution in [1.29, 1.82) is 0 Å². The number of ether oxygens (including phenoxy) is 1. The number of unbranched alkanes of at least 4 members (excludes halogenated alkanes) is 21. The van der Waals surface area contributed by atoms with Crippen molar-refractivity contribution in [2.75, 3.05) is 40.3 Å². The Morgan fingerprint density at radius 2 is 1.08 bits per heavy atom. The predicted molar refractivity (Wildman–Crippen MR) is 253 cm³/mol. The Balaban J connectivity index is 2.44. The summed E-state index contributed by atoms with van der Waals surface area (Å²) in [6.07, 6.45) is 47.4. The van der Waals surface area contributed by atoms with Crippen LogP contribution in [0, 0.1) is 5.92 Å². The van der Waals surface area contributed by atoms with E-state index >= 15 is 0 Å². The zero-order valence-corrected chi connectivity index (χ0v) is 39.8. The van der Waals surface area contributed by atoms with E-state index in [9.17, 15) is 14.4 Å². The van der Waals surface area contributed by atoms with Crippen molar-refractivity contribution in [3.8, 4) is 0 Å². The van der Waals surface area contributed by atoms with Gasteiger partial charge in [-0.05, 0) is 103 Å². The Morgan fingerprint density at radius 1 is 0.593 bits per heavy atom. The lowest BCUT2D eigenvalue weighted by Crippen LogP contribution is -2.65. The molecule has 0 aromatic carbocycles. The summed E-state index contributed by atoms with van der Waals surface area (Å²) in [6, 6.07) is 0. The highest BCUT2D eigenvalue weighted by Crippen LogP contribution is 2.39. The number of hydrogen-bond donors (Lipinski definition) is 1. The van der Waals surface area contributed by atoms with E-state index in [1.54, 1.807) is 0 Å². The van der Waals surface area contributed by atoms with E-state index < -0.39 is 5.54 Å². The molecule has 1 saturated carbocycles. The van der Waals surface area contributed by atoms with Crippen molar-refractivity contribution in [3.63, 3.8) is 0 Å². The van der Waals surface area contributed by atoms with Crippen LogP contribution in [0.2, 0.25) is 0 Å². The molecule has 0 radical (unpaired) electrons. The van der Waals surface area contributed by atoms with E-state index in [0.29, 0.717) is 44.9 Å². The molecule has 0 heterocycles. The summed E-state index contributed by atoms with van der Waals surface area (Å²) in [6.45, 7) is 9.17. The van der Waals surface area contributed by atoms with Gasteiger partial charge in [-0.15, -0.1) is 0 Å². The summed E-state index contributed by atoms with van der Waals surface area (Å²) in [7, 11) is 4.05. The van der Waals surface area contributed by atoms with Crippen LogP contribution in [0.3, 0.4) is 0 Å². The van der Waals surface area contributed by atoms with Gasteiger partial charge in [0.1, 0.15) is 5.54 Å². The third kappa shape index (κ3) is 28.9. The number of likely N-dealkylation sites (N-methyl/N-ethyl adjacent to an activating group) is 1. The van der Waals surface area contributed by atoms with E-state index in [1.165, 1.54) is 128 Å². The molecule has 1 unspecified atom stereocenters. The summed E-state index contributed by atoms with van der Waals surface area (Å²) < 4.78 is 5.85. The molecular weight excluding hydrogens is 731 g/mol. The molecule has 0 bridgehead atoms. The number of rotatable bonds is 42. The second-order valence-corrected chi connectivity index (χ2v) is 18.3. The lowest BCUT2D eigenvalue weighted by atomic mass is 9.74. The Hall–Kier alpha value is -2.15. The highest BCUT2D eigenvalue weighted by atomic mass is 16.5. The fraction of sp³-hybridized carbons (Fsp3) is 0.865. The Kier molecular flexibility index (Phi) is 36.0. The number of carbonyl (C=O) groups is 3. The van der Waals surface area contributed by atoms with Gasteiger partial charge < -0.3 is 19.9 Å². The highest BCUT2D eigenvalue weighted by Gasteiger charge is 2.50. The molecule has 0 aromatic heterocycles. The molecule has 0 saturated heterocycles. The van der Waals surface area contributed by atoms with Crippen LogP contribution in [0.25, 0.3) is 0 Å². The SMILES string of the molecule is CCCCC/C=C\C/C=C\CCCCCCCC(=O)N(CCN(C)C)C1(C(=O)NCCCCC(=O)OCC(CCCCCCCC)CCCCCCCCCC)CCC1. The van der Waals surface area contributed by atoms with Crippen molar-refractivity contribution in [2.24, 2.45) is 5.92 Å². The molecule has 0 aromatic rings. The zero-order valence-electron chi connectivity index (χ0n) is 39.8. The molecule has 2 amide bonds. The van der Waals surface area contributed by atoms with Crippen LogP contribution >= 0.6 is 0 Å². The molecule has 1 aliphatic rings. The Bertz CT molecular complexity index is 1070. The van der Waals surface area contributed by atoms with Gasteiger partial charge >= 0.3 is 5.97 Å². The number of allylic oxidation sites excluding steroid dienone is 4. The molecule has 1 fully saturated rings. The maximum atomic E-state index is 13.8. The molecule has 1 rings (SSSR count). The van der Waals surface area contributed by atoms with Crippen LogP contribution in [0.15, 0.2) is 24.3 Å². The number of carbonyl (C=O) groups excluding carboxylic acids is 3. The first-order valence-electron chi connectivity index (χ1n) is 25.5. The number of nitrogens with one attached hydrogen (secondary N) is 1. The molecule has 0 spiro atoms. The normalized spacial score (nSPS) is 14.3. The van der Waals surface area contributed by atoms with E-state index in [-0.39, 0.29) is 17.8 Å². The van der Waals surface area contributed by atoms with Crippen molar-refractivity contribution in [3.05, 3.63) is 24.3 Å². The maximum Gasteiger partial charge on any atom is 0.305 e.